The van der Waals surface area contributed by atoms with Gasteiger partial charge < -0.3 is 29.9 Å². The first-order chi connectivity index (χ1) is 6.07. The van der Waals surface area contributed by atoms with Crippen LogP contribution in [0.3, 0.4) is 0 Å². The summed E-state index contributed by atoms with van der Waals surface area (Å²) in [7, 11) is 1.40. The van der Waals surface area contributed by atoms with E-state index < -0.39 is 30.7 Å². The van der Waals surface area contributed by atoms with Gasteiger partial charge in [-0.15, -0.1) is 0 Å². The van der Waals surface area contributed by atoms with Gasteiger partial charge in [0.15, 0.2) is 6.29 Å². The van der Waals surface area contributed by atoms with E-state index in [1.165, 1.54) is 7.11 Å². The summed E-state index contributed by atoms with van der Waals surface area (Å²) in [5.41, 5.74) is 0. The number of aliphatic hydroxyl groups is 4. The number of aliphatic hydroxyl groups excluding tert-OH is 4. The standard InChI is InChI=1S/C7H14O6/c1-12-2-3-4(8)5(9)6(10)7(11)13-3/h3-11H,2H2,1H3/t3-,4-,5+,6-,7?/m1/s1. The molecule has 1 aliphatic heterocycles. The molecule has 0 aromatic rings. The SMILES string of the molecule is COC[C@H]1OC(O)[C@H](O)[C@@H](O)[C@@H]1O. The first-order valence-corrected chi connectivity index (χ1v) is 3.94. The van der Waals surface area contributed by atoms with Gasteiger partial charge in [-0.3, -0.25) is 0 Å². The fourth-order valence-corrected chi connectivity index (χ4v) is 1.23. The Kier molecular flexibility index (Phi) is 3.60. The molecule has 1 aliphatic rings. The molecule has 0 aromatic heterocycles. The molecule has 0 saturated carbocycles. The predicted octanol–water partition coefficient (Wildman–Crippen LogP) is -2.57. The van der Waals surface area contributed by atoms with Crippen LogP contribution < -0.4 is 0 Å². The maximum absolute atomic E-state index is 9.33. The highest BCUT2D eigenvalue weighted by molar-refractivity contribution is 4.88. The molecule has 1 unspecified atom stereocenters. The summed E-state index contributed by atoms with van der Waals surface area (Å²) in [6, 6.07) is 0. The van der Waals surface area contributed by atoms with Gasteiger partial charge in [0.1, 0.15) is 24.4 Å². The molecule has 6 nitrogen and oxygen atoms in total. The van der Waals surface area contributed by atoms with Crippen LogP contribution >= 0.6 is 0 Å². The van der Waals surface area contributed by atoms with Crippen molar-refractivity contribution in [3.05, 3.63) is 0 Å². The first kappa shape index (κ1) is 10.8. The van der Waals surface area contributed by atoms with E-state index in [9.17, 15) is 10.2 Å². The van der Waals surface area contributed by atoms with Gasteiger partial charge in [-0.05, 0) is 0 Å². The maximum Gasteiger partial charge on any atom is 0.184 e. The molecule has 5 atom stereocenters. The quantitative estimate of drug-likeness (QED) is 0.386. The lowest BCUT2D eigenvalue weighted by molar-refractivity contribution is -0.287. The van der Waals surface area contributed by atoms with Crippen molar-refractivity contribution in [2.75, 3.05) is 13.7 Å². The molecule has 0 amide bonds. The highest BCUT2D eigenvalue weighted by atomic mass is 16.6. The number of methoxy groups -OCH3 is 1. The minimum Gasteiger partial charge on any atom is -0.387 e. The Labute approximate surface area is 75.3 Å². The average molecular weight is 194 g/mol. The fourth-order valence-electron chi connectivity index (χ4n) is 1.23. The summed E-state index contributed by atoms with van der Waals surface area (Å²) in [4.78, 5) is 0. The third-order valence-corrected chi connectivity index (χ3v) is 2.02. The molecule has 13 heavy (non-hydrogen) atoms. The van der Waals surface area contributed by atoms with Crippen LogP contribution in [0.15, 0.2) is 0 Å². The van der Waals surface area contributed by atoms with Crippen LogP contribution in [0.25, 0.3) is 0 Å². The molecule has 1 rings (SSSR count). The van der Waals surface area contributed by atoms with Crippen LogP contribution in [0.1, 0.15) is 0 Å². The first-order valence-electron chi connectivity index (χ1n) is 3.94. The summed E-state index contributed by atoms with van der Waals surface area (Å²) < 4.78 is 9.49. The van der Waals surface area contributed by atoms with Crippen molar-refractivity contribution in [3.8, 4) is 0 Å². The Balaban J connectivity index is 2.59. The van der Waals surface area contributed by atoms with E-state index in [0.717, 1.165) is 0 Å². The minimum absolute atomic E-state index is 0.0437. The monoisotopic (exact) mass is 194 g/mol. The third kappa shape index (κ3) is 2.16. The van der Waals surface area contributed by atoms with Crippen LogP contribution in [0, 0.1) is 0 Å². The van der Waals surface area contributed by atoms with E-state index in [2.05, 4.69) is 0 Å². The fraction of sp³-hybridized carbons (Fsp3) is 1.00. The number of hydrogen-bond acceptors (Lipinski definition) is 6. The van der Waals surface area contributed by atoms with Gasteiger partial charge in [0.2, 0.25) is 0 Å². The molecule has 6 heteroatoms. The lowest BCUT2D eigenvalue weighted by Crippen LogP contribution is -2.58. The number of rotatable bonds is 2. The molecule has 1 saturated heterocycles. The van der Waals surface area contributed by atoms with Crippen LogP contribution in [-0.2, 0) is 9.47 Å². The predicted molar refractivity (Wildman–Crippen MR) is 40.8 cm³/mol. The zero-order chi connectivity index (χ0) is 10.0. The van der Waals surface area contributed by atoms with Crippen LogP contribution in [-0.4, -0.2) is 64.8 Å². The molecule has 0 aliphatic carbocycles. The van der Waals surface area contributed by atoms with Gasteiger partial charge in [-0.25, -0.2) is 0 Å². The molecule has 0 bridgehead atoms. The normalized spacial score (nSPS) is 46.4. The molecule has 78 valence electrons. The Morgan fingerprint density at radius 2 is 1.69 bits per heavy atom. The van der Waals surface area contributed by atoms with Crippen molar-refractivity contribution >= 4 is 0 Å². The average Bonchev–Trinajstić information content (AvgIpc) is 2.11. The molecule has 4 N–H and O–H groups in total. The lowest BCUT2D eigenvalue weighted by Gasteiger charge is -2.37. The number of hydrogen-bond donors (Lipinski definition) is 4. The molecular formula is C7H14O6. The van der Waals surface area contributed by atoms with E-state index in [4.69, 9.17) is 19.7 Å². The molecule has 0 spiro atoms. The molecule has 1 fully saturated rings. The molecule has 1 heterocycles. The van der Waals surface area contributed by atoms with Crippen molar-refractivity contribution in [3.63, 3.8) is 0 Å². The van der Waals surface area contributed by atoms with E-state index in [1.807, 2.05) is 0 Å². The van der Waals surface area contributed by atoms with Crippen LogP contribution in [0.2, 0.25) is 0 Å². The van der Waals surface area contributed by atoms with Crippen LogP contribution in [0.4, 0.5) is 0 Å². The zero-order valence-corrected chi connectivity index (χ0v) is 7.20. The van der Waals surface area contributed by atoms with Gasteiger partial charge in [-0.2, -0.15) is 0 Å². The van der Waals surface area contributed by atoms with Crippen LogP contribution in [0.5, 0.6) is 0 Å². The summed E-state index contributed by atoms with van der Waals surface area (Å²) >= 11 is 0. The maximum atomic E-state index is 9.33. The zero-order valence-electron chi connectivity index (χ0n) is 7.20. The smallest absolute Gasteiger partial charge is 0.184 e. The second-order valence-electron chi connectivity index (χ2n) is 2.99. The highest BCUT2D eigenvalue weighted by Crippen LogP contribution is 2.19. The largest absolute Gasteiger partial charge is 0.387 e. The lowest BCUT2D eigenvalue weighted by atomic mass is 9.99. The second-order valence-corrected chi connectivity index (χ2v) is 2.99. The third-order valence-electron chi connectivity index (χ3n) is 2.02. The van der Waals surface area contributed by atoms with Crippen molar-refractivity contribution in [2.24, 2.45) is 0 Å². The minimum atomic E-state index is -1.49. The molecular weight excluding hydrogens is 180 g/mol. The van der Waals surface area contributed by atoms with Gasteiger partial charge in [0.25, 0.3) is 0 Å². The van der Waals surface area contributed by atoms with E-state index >= 15 is 0 Å². The van der Waals surface area contributed by atoms with E-state index in [-0.39, 0.29) is 6.61 Å². The van der Waals surface area contributed by atoms with E-state index in [1.54, 1.807) is 0 Å². The van der Waals surface area contributed by atoms with Crippen molar-refractivity contribution in [2.45, 2.75) is 30.7 Å². The van der Waals surface area contributed by atoms with Crippen molar-refractivity contribution in [1.82, 2.24) is 0 Å². The van der Waals surface area contributed by atoms with Gasteiger partial charge in [-0.1, -0.05) is 0 Å². The van der Waals surface area contributed by atoms with Gasteiger partial charge in [0.05, 0.1) is 6.61 Å². The van der Waals surface area contributed by atoms with E-state index in [0.29, 0.717) is 0 Å². The second kappa shape index (κ2) is 4.32. The molecule has 0 aromatic carbocycles. The van der Waals surface area contributed by atoms with Crippen molar-refractivity contribution < 1.29 is 29.9 Å². The summed E-state index contributed by atoms with van der Waals surface area (Å²) in [5.74, 6) is 0. The Bertz CT molecular complexity index is 163. The summed E-state index contributed by atoms with van der Waals surface area (Å²) in [6.07, 6.45) is -6.46. The molecule has 0 radical (unpaired) electrons. The Morgan fingerprint density at radius 1 is 1.08 bits per heavy atom. The summed E-state index contributed by atoms with van der Waals surface area (Å²) in [5, 5.41) is 36.7. The Hall–Kier alpha value is -0.240. The van der Waals surface area contributed by atoms with Crippen molar-refractivity contribution in [1.29, 1.82) is 0 Å². The van der Waals surface area contributed by atoms with Gasteiger partial charge in [0, 0.05) is 7.11 Å². The topological polar surface area (TPSA) is 99.4 Å². The summed E-state index contributed by atoms with van der Waals surface area (Å²) in [6.45, 7) is 0.0437. The Morgan fingerprint density at radius 3 is 2.23 bits per heavy atom. The van der Waals surface area contributed by atoms with Gasteiger partial charge >= 0.3 is 0 Å². The number of ether oxygens (including phenoxy) is 2. The highest BCUT2D eigenvalue weighted by Gasteiger charge is 2.42.